The van der Waals surface area contributed by atoms with E-state index in [0.29, 0.717) is 0 Å². The molecule has 20 heteroatoms. The van der Waals surface area contributed by atoms with Crippen molar-refractivity contribution in [1.29, 1.82) is 0 Å². The summed E-state index contributed by atoms with van der Waals surface area (Å²) in [7, 11) is -8.78. The number of carboxylic acids is 1. The van der Waals surface area contributed by atoms with Crippen LogP contribution in [0.2, 0.25) is 0 Å². The molecule has 0 saturated carbocycles. The second kappa shape index (κ2) is 6.18. The quantitative estimate of drug-likeness (QED) is 0.566. The van der Waals surface area contributed by atoms with E-state index in [-0.39, 0.29) is 0 Å². The van der Waals surface area contributed by atoms with Gasteiger partial charge in [0.1, 0.15) is 0 Å². The molecule has 0 saturated heterocycles. The van der Waals surface area contributed by atoms with Gasteiger partial charge in [0.25, 0.3) is 9.84 Å². The normalized spacial score (nSPS) is 16.2. The molecule has 0 bridgehead atoms. The predicted molar refractivity (Wildman–Crippen MR) is 52.3 cm³/mol. The van der Waals surface area contributed by atoms with Gasteiger partial charge in [-0.05, 0) is 0 Å². The fourth-order valence-electron chi connectivity index (χ4n) is 1.20. The fourth-order valence-corrected chi connectivity index (χ4v) is 2.22. The van der Waals surface area contributed by atoms with E-state index in [0.717, 1.165) is 0 Å². The predicted octanol–water partition coefficient (Wildman–Crippen LogP) is 3.77. The van der Waals surface area contributed by atoms with Gasteiger partial charge in [0, 0.05) is 0 Å². The number of rotatable bonds is 7. The monoisotopic (exact) mass is 478 g/mol. The first kappa shape index (κ1) is 26.4. The summed E-state index contributed by atoms with van der Waals surface area (Å²) < 4.78 is 211. The maximum atomic E-state index is 13.1. The third kappa shape index (κ3) is 2.93. The highest BCUT2D eigenvalue weighted by Gasteiger charge is 2.93. The van der Waals surface area contributed by atoms with E-state index in [1.165, 1.54) is 0 Å². The van der Waals surface area contributed by atoms with Crippen molar-refractivity contribution in [3.8, 4) is 0 Å². The van der Waals surface area contributed by atoms with Crippen molar-refractivity contribution < 1.29 is 84.2 Å². The van der Waals surface area contributed by atoms with Crippen LogP contribution in [0.1, 0.15) is 0 Å². The minimum Gasteiger partial charge on any atom is -0.476 e. The number of carbonyl (C=O) groups is 1. The van der Waals surface area contributed by atoms with E-state index in [2.05, 4.69) is 0 Å². The molecule has 0 heterocycles. The van der Waals surface area contributed by atoms with Crippen molar-refractivity contribution >= 4 is 15.8 Å². The Morgan fingerprint density at radius 3 is 1.11 bits per heavy atom. The molecule has 0 amide bonds. The Hall–Kier alpha value is -1.63. The van der Waals surface area contributed by atoms with Crippen LogP contribution < -0.4 is 0 Å². The second-order valence-electron chi connectivity index (χ2n) is 4.64. The molecule has 0 spiro atoms. The molecule has 0 aliphatic rings. The zero-order valence-corrected chi connectivity index (χ0v) is 12.6. The van der Waals surface area contributed by atoms with E-state index in [9.17, 15) is 79.1 Å². The molecular weight excluding hydrogens is 477 g/mol. The molecule has 0 atom stereocenters. The van der Waals surface area contributed by atoms with Crippen LogP contribution in [0.15, 0.2) is 0 Å². The van der Waals surface area contributed by atoms with Crippen LogP contribution in [0.3, 0.4) is 0 Å². The Balaban J connectivity index is 6.86. The Morgan fingerprint density at radius 1 is 0.571 bits per heavy atom. The van der Waals surface area contributed by atoms with Crippen LogP contribution in [0.25, 0.3) is 0 Å². The molecule has 0 aromatic rings. The van der Waals surface area contributed by atoms with Gasteiger partial charge in [-0.1, -0.05) is 0 Å². The lowest BCUT2D eigenvalue weighted by molar-refractivity contribution is -0.433. The van der Waals surface area contributed by atoms with Gasteiger partial charge < -0.3 is 5.11 Å². The van der Waals surface area contributed by atoms with Gasteiger partial charge >= 0.3 is 46.3 Å². The molecule has 4 nitrogen and oxygen atoms in total. The van der Waals surface area contributed by atoms with Crippen LogP contribution in [0, 0.1) is 0 Å². The molecule has 28 heavy (non-hydrogen) atoms. The maximum Gasteiger partial charge on any atom is 0.460 e. The second-order valence-corrected chi connectivity index (χ2v) is 6.67. The summed E-state index contributed by atoms with van der Waals surface area (Å²) in [6, 6.07) is 0. The highest BCUT2D eigenvalue weighted by Crippen LogP contribution is 2.61. The summed E-state index contributed by atoms with van der Waals surface area (Å²) in [5.41, 5.74) is 0. The first-order chi connectivity index (χ1) is 11.7. The molecule has 0 fully saturated rings. The SMILES string of the molecule is O=C(O)C(F)(F)S(=O)(=O)C(F)(F)C(F)(F)C(F)(F)C(F)(F)C(F)(F)C(F)(F)F. The van der Waals surface area contributed by atoms with E-state index < -0.39 is 56.2 Å². The standard InChI is InChI=1S/C8HF15O4S/c9-2(10,1(24)25)28(26,27)8(22,23)6(17,18)4(13,14)3(11,12)5(15,16)7(19,20)21/h(H,24,25). The zero-order valence-electron chi connectivity index (χ0n) is 11.7. The van der Waals surface area contributed by atoms with Gasteiger partial charge in [0.15, 0.2) is 0 Å². The highest BCUT2D eigenvalue weighted by atomic mass is 32.2. The van der Waals surface area contributed by atoms with Gasteiger partial charge in [0.2, 0.25) is 0 Å². The number of carboxylic acid groups (broad SMARTS) is 1. The lowest BCUT2D eigenvalue weighted by Crippen LogP contribution is -2.72. The van der Waals surface area contributed by atoms with E-state index in [1.54, 1.807) is 0 Å². The number of sulfone groups is 1. The average molecular weight is 478 g/mol. The van der Waals surface area contributed by atoms with E-state index in [1.807, 2.05) is 0 Å². The Labute approximate surface area is 141 Å². The van der Waals surface area contributed by atoms with Crippen LogP contribution in [-0.4, -0.2) is 59.9 Å². The average Bonchev–Trinajstić information content (AvgIpc) is 2.44. The van der Waals surface area contributed by atoms with Crippen LogP contribution in [0.4, 0.5) is 65.9 Å². The van der Waals surface area contributed by atoms with Crippen molar-refractivity contribution in [3.63, 3.8) is 0 Å². The third-order valence-electron chi connectivity index (χ3n) is 2.83. The summed E-state index contributed by atoms with van der Waals surface area (Å²) in [5, 5.41) is -7.67. The largest absolute Gasteiger partial charge is 0.476 e. The third-order valence-corrected chi connectivity index (χ3v) is 4.61. The van der Waals surface area contributed by atoms with Crippen LogP contribution in [0.5, 0.6) is 0 Å². The molecule has 0 aromatic carbocycles. The zero-order chi connectivity index (χ0) is 23.6. The topological polar surface area (TPSA) is 71.4 Å². The van der Waals surface area contributed by atoms with E-state index in [4.69, 9.17) is 5.11 Å². The van der Waals surface area contributed by atoms with Crippen molar-refractivity contribution in [2.45, 2.75) is 40.4 Å². The molecule has 0 aromatic heterocycles. The Kier molecular flexibility index (Phi) is 5.82. The molecule has 0 rings (SSSR count). The van der Waals surface area contributed by atoms with Gasteiger partial charge in [-0.3, -0.25) is 0 Å². The van der Waals surface area contributed by atoms with E-state index >= 15 is 0 Å². The number of halogens is 15. The summed E-state index contributed by atoms with van der Waals surface area (Å²) in [5.74, 6) is -38.2. The first-order valence-electron chi connectivity index (χ1n) is 5.50. The van der Waals surface area contributed by atoms with Gasteiger partial charge in [-0.15, -0.1) is 0 Å². The number of hydrogen-bond acceptors (Lipinski definition) is 3. The Morgan fingerprint density at radius 2 is 0.857 bits per heavy atom. The number of hydrogen-bond donors (Lipinski definition) is 1. The Bertz CT molecular complexity index is 734. The molecule has 0 radical (unpaired) electrons. The minimum absolute atomic E-state index is 4.22. The molecule has 0 unspecified atom stereocenters. The van der Waals surface area contributed by atoms with Gasteiger partial charge in [-0.2, -0.15) is 65.9 Å². The van der Waals surface area contributed by atoms with Crippen molar-refractivity contribution in [2.75, 3.05) is 0 Å². The van der Waals surface area contributed by atoms with Crippen LogP contribution >= 0.6 is 0 Å². The van der Waals surface area contributed by atoms with Gasteiger partial charge in [0.05, 0.1) is 0 Å². The van der Waals surface area contributed by atoms with Crippen molar-refractivity contribution in [3.05, 3.63) is 0 Å². The highest BCUT2D eigenvalue weighted by molar-refractivity contribution is 7.94. The summed E-state index contributed by atoms with van der Waals surface area (Å²) in [4.78, 5) is 9.87. The fraction of sp³-hybridized carbons (Fsp3) is 0.875. The smallest absolute Gasteiger partial charge is 0.460 e. The van der Waals surface area contributed by atoms with Crippen molar-refractivity contribution in [2.24, 2.45) is 0 Å². The molecule has 0 aliphatic carbocycles. The lowest BCUT2D eigenvalue weighted by Gasteiger charge is -2.39. The number of aliphatic carboxylic acids is 1. The molecule has 168 valence electrons. The summed E-state index contributed by atoms with van der Waals surface area (Å²) in [6.45, 7) is 0. The maximum absolute atomic E-state index is 13.1. The van der Waals surface area contributed by atoms with Gasteiger partial charge in [-0.25, -0.2) is 13.2 Å². The molecular formula is C8HF15O4S. The van der Waals surface area contributed by atoms with Crippen LogP contribution in [-0.2, 0) is 14.6 Å². The summed E-state index contributed by atoms with van der Waals surface area (Å²) >= 11 is 0. The first-order valence-corrected chi connectivity index (χ1v) is 6.99. The molecule has 1 N–H and O–H groups in total. The molecule has 0 aliphatic heterocycles. The number of alkyl halides is 15. The summed E-state index contributed by atoms with van der Waals surface area (Å²) in [6.07, 6.45) is -7.80. The minimum atomic E-state index is -8.78. The lowest BCUT2D eigenvalue weighted by atomic mass is 9.98. The van der Waals surface area contributed by atoms with Crippen molar-refractivity contribution in [1.82, 2.24) is 0 Å².